The van der Waals surface area contributed by atoms with Crippen LogP contribution in [-0.4, -0.2) is 17.6 Å². The molecule has 19 heavy (non-hydrogen) atoms. The zero-order valence-electron chi connectivity index (χ0n) is 11.2. The van der Waals surface area contributed by atoms with Gasteiger partial charge in [0.2, 0.25) is 11.8 Å². The van der Waals surface area contributed by atoms with E-state index in [0.717, 1.165) is 0 Å². The molecule has 5 heteroatoms. The minimum atomic E-state index is -1.59. The lowest BCUT2D eigenvalue weighted by atomic mass is 9.83. The minimum absolute atomic E-state index is 0.0714. The van der Waals surface area contributed by atoms with Gasteiger partial charge in [-0.05, 0) is 24.5 Å². The summed E-state index contributed by atoms with van der Waals surface area (Å²) in [5.74, 6) is -3.66. The Hall–Kier alpha value is -2.17. The molecule has 0 radical (unpaired) electrons. The zero-order chi connectivity index (χ0) is 14.5. The van der Waals surface area contributed by atoms with Crippen LogP contribution in [0.5, 0.6) is 0 Å². The maximum Gasteiger partial charge on any atom is 0.230 e. The van der Waals surface area contributed by atoms with Gasteiger partial charge in [0.15, 0.2) is 5.78 Å². The number of anilines is 1. The fraction of sp³-hybridized carbons (Fsp3) is 0.357. The van der Waals surface area contributed by atoms with Crippen LogP contribution in [-0.2, 0) is 16.0 Å². The lowest BCUT2D eigenvalue weighted by Gasteiger charge is -2.24. The van der Waals surface area contributed by atoms with Gasteiger partial charge in [-0.15, -0.1) is 0 Å². The van der Waals surface area contributed by atoms with Gasteiger partial charge in [-0.2, -0.15) is 0 Å². The Morgan fingerprint density at radius 2 is 2.11 bits per heavy atom. The summed E-state index contributed by atoms with van der Waals surface area (Å²) in [6.45, 7) is 0. The molecule has 1 heterocycles. The van der Waals surface area contributed by atoms with E-state index in [9.17, 15) is 14.4 Å². The van der Waals surface area contributed by atoms with Gasteiger partial charge in [0.25, 0.3) is 0 Å². The quantitative estimate of drug-likeness (QED) is 0.573. The van der Waals surface area contributed by atoms with Crippen molar-refractivity contribution in [3.63, 3.8) is 0 Å². The molecule has 2 aliphatic rings. The van der Waals surface area contributed by atoms with Gasteiger partial charge in [0, 0.05) is 30.9 Å². The molecule has 3 rings (SSSR count). The average Bonchev–Trinajstić information content (AvgIpc) is 2.75. The molecule has 1 aromatic carbocycles. The normalized spacial score (nSPS) is 30.8. The largest absolute Gasteiger partial charge is 0.398 e. The average molecular weight is 259 g/mol. The number of benzene rings is 1. The van der Waals surface area contributed by atoms with Crippen LogP contribution in [0.4, 0.5) is 5.69 Å². The fourth-order valence-electron chi connectivity index (χ4n) is 2.79. The lowest BCUT2D eigenvalue weighted by molar-refractivity contribution is -0.137. The number of fused-ring (bicyclic) bond motifs is 1. The summed E-state index contributed by atoms with van der Waals surface area (Å²) in [5, 5.41) is 2.16. The summed E-state index contributed by atoms with van der Waals surface area (Å²) in [6, 6.07) is 5.06. The van der Waals surface area contributed by atoms with E-state index in [0.29, 0.717) is 16.8 Å². The number of hydrogen-bond donors (Lipinski definition) is 2. The Morgan fingerprint density at radius 3 is 2.79 bits per heavy atom. The first-order chi connectivity index (χ1) is 9.43. The Kier molecular flexibility index (Phi) is 2.36. The summed E-state index contributed by atoms with van der Waals surface area (Å²) in [4.78, 5) is 35.6. The second-order valence-corrected chi connectivity index (χ2v) is 4.90. The number of rotatable bonds is 1. The summed E-state index contributed by atoms with van der Waals surface area (Å²) < 4.78 is 8.36. The molecule has 1 aliphatic heterocycles. The molecule has 98 valence electrons. The topological polar surface area (TPSA) is 89.3 Å². The molecular formula is C14H14N2O3. The lowest BCUT2D eigenvalue weighted by Crippen LogP contribution is -2.44. The molecule has 0 saturated carbocycles. The predicted octanol–water partition coefficient (Wildman–Crippen LogP) is 0.677. The molecule has 1 aromatic rings. The van der Waals surface area contributed by atoms with E-state index in [1.807, 2.05) is 0 Å². The Labute approximate surface area is 111 Å². The van der Waals surface area contributed by atoms with Crippen molar-refractivity contribution in [1.82, 2.24) is 5.32 Å². The summed E-state index contributed by atoms with van der Waals surface area (Å²) in [6.07, 6.45) is 0.443. The van der Waals surface area contributed by atoms with Gasteiger partial charge in [0.05, 0.1) is 0 Å². The number of amides is 2. The third-order valence-electron chi connectivity index (χ3n) is 3.79. The molecule has 1 saturated heterocycles. The van der Waals surface area contributed by atoms with Gasteiger partial charge in [0.1, 0.15) is 0 Å². The predicted molar refractivity (Wildman–Crippen MR) is 68.3 cm³/mol. The highest BCUT2D eigenvalue weighted by Gasteiger charge is 2.42. The van der Waals surface area contributed by atoms with Gasteiger partial charge >= 0.3 is 0 Å². The first-order valence-corrected chi connectivity index (χ1v) is 6.19. The second-order valence-electron chi connectivity index (χ2n) is 4.90. The van der Waals surface area contributed by atoms with Crippen LogP contribution in [0.2, 0.25) is 0 Å². The zero-order valence-corrected chi connectivity index (χ0v) is 10.2. The van der Waals surface area contributed by atoms with Crippen molar-refractivity contribution in [2.45, 2.75) is 19.3 Å². The monoisotopic (exact) mass is 259 g/mol. The Balaban J connectivity index is 1.98. The van der Waals surface area contributed by atoms with Crippen LogP contribution >= 0.6 is 0 Å². The molecule has 3 N–H and O–H groups in total. The number of piperidine rings is 1. The molecule has 0 bridgehead atoms. The number of ketones is 1. The third kappa shape index (κ3) is 1.82. The van der Waals surface area contributed by atoms with E-state index in [1.165, 1.54) is 0 Å². The van der Waals surface area contributed by atoms with Crippen molar-refractivity contribution in [2.24, 2.45) is 11.8 Å². The van der Waals surface area contributed by atoms with Gasteiger partial charge in [-0.1, -0.05) is 12.1 Å². The molecule has 2 unspecified atom stereocenters. The molecule has 0 spiro atoms. The smallest absolute Gasteiger partial charge is 0.230 e. The number of hydrogen-bond acceptors (Lipinski definition) is 4. The van der Waals surface area contributed by atoms with Crippen molar-refractivity contribution in [2.75, 3.05) is 5.73 Å². The van der Waals surface area contributed by atoms with Crippen LogP contribution in [0.25, 0.3) is 0 Å². The van der Waals surface area contributed by atoms with Crippen molar-refractivity contribution in [1.29, 1.82) is 0 Å². The van der Waals surface area contributed by atoms with Crippen LogP contribution in [0.15, 0.2) is 18.2 Å². The number of nitrogens with two attached hydrogens (primary N) is 1. The highest BCUT2D eigenvalue weighted by molar-refractivity contribution is 6.07. The Morgan fingerprint density at radius 1 is 1.32 bits per heavy atom. The molecule has 2 atom stereocenters. The van der Waals surface area contributed by atoms with Crippen LogP contribution < -0.4 is 11.1 Å². The number of carbonyl (C=O) groups excluding carboxylic acids is 3. The number of nitrogen functional groups attached to an aromatic ring is 1. The summed E-state index contributed by atoms with van der Waals surface area (Å²) >= 11 is 0. The van der Waals surface area contributed by atoms with Crippen molar-refractivity contribution >= 4 is 23.3 Å². The SMILES string of the molecule is [2H]C1(C2Cc3c(N)cccc3C2=O)CCC(=O)NC1=O. The molecule has 1 fully saturated rings. The van der Waals surface area contributed by atoms with E-state index in [2.05, 4.69) is 5.32 Å². The number of Topliss-reactive ketones (excluding diaryl/α,β-unsaturated/α-hetero) is 1. The molecular weight excluding hydrogens is 244 g/mol. The van der Waals surface area contributed by atoms with Gasteiger partial charge < -0.3 is 5.73 Å². The number of imide groups is 1. The second kappa shape index (κ2) is 4.19. The van der Waals surface area contributed by atoms with E-state index >= 15 is 0 Å². The van der Waals surface area contributed by atoms with Crippen molar-refractivity contribution in [3.8, 4) is 0 Å². The highest BCUT2D eigenvalue weighted by atomic mass is 16.2. The van der Waals surface area contributed by atoms with E-state index in [1.54, 1.807) is 18.2 Å². The molecule has 5 nitrogen and oxygen atoms in total. The van der Waals surface area contributed by atoms with E-state index < -0.39 is 17.7 Å². The maximum absolute atomic E-state index is 12.4. The van der Waals surface area contributed by atoms with Gasteiger partial charge in [-0.25, -0.2) is 0 Å². The standard InChI is InChI=1S/C14H14N2O3/c15-11-3-1-2-7-9(11)6-10(13(7)18)8-4-5-12(17)16-14(8)19/h1-3,8,10H,4-6,15H2,(H,16,17,19)/i8D. The highest BCUT2D eigenvalue weighted by Crippen LogP contribution is 2.37. The van der Waals surface area contributed by atoms with Crippen LogP contribution in [0.1, 0.15) is 30.1 Å². The van der Waals surface area contributed by atoms with E-state index in [-0.39, 0.29) is 31.0 Å². The molecule has 1 aliphatic carbocycles. The maximum atomic E-state index is 12.4. The van der Waals surface area contributed by atoms with E-state index in [4.69, 9.17) is 7.10 Å². The summed E-state index contributed by atoms with van der Waals surface area (Å²) in [5.41, 5.74) is 7.57. The Bertz CT molecular complexity index is 643. The number of nitrogens with one attached hydrogen (secondary N) is 1. The first-order valence-electron chi connectivity index (χ1n) is 6.69. The van der Waals surface area contributed by atoms with Crippen LogP contribution in [0, 0.1) is 11.8 Å². The first kappa shape index (κ1) is 10.7. The van der Waals surface area contributed by atoms with Gasteiger partial charge in [-0.3, -0.25) is 19.7 Å². The third-order valence-corrected chi connectivity index (χ3v) is 3.79. The number of carbonyl (C=O) groups is 3. The molecule has 2 amide bonds. The van der Waals surface area contributed by atoms with Crippen molar-refractivity contribution < 1.29 is 15.8 Å². The fourth-order valence-corrected chi connectivity index (χ4v) is 2.79. The van der Waals surface area contributed by atoms with Crippen molar-refractivity contribution in [3.05, 3.63) is 29.3 Å². The minimum Gasteiger partial charge on any atom is -0.398 e. The molecule has 0 aromatic heterocycles. The van der Waals surface area contributed by atoms with Crippen LogP contribution in [0.3, 0.4) is 0 Å². The summed E-state index contributed by atoms with van der Waals surface area (Å²) in [7, 11) is 0.